The summed E-state index contributed by atoms with van der Waals surface area (Å²) in [6, 6.07) is 0. The van der Waals surface area contributed by atoms with Crippen molar-refractivity contribution in [3.63, 3.8) is 0 Å². The van der Waals surface area contributed by atoms with Gasteiger partial charge in [-0.05, 0) is 18.8 Å². The van der Waals surface area contributed by atoms with E-state index in [0.717, 1.165) is 43.0 Å². The highest BCUT2D eigenvalue weighted by Gasteiger charge is 2.26. The molecule has 1 unspecified atom stereocenters. The summed E-state index contributed by atoms with van der Waals surface area (Å²) in [7, 11) is 0. The van der Waals surface area contributed by atoms with Crippen LogP contribution in [0.5, 0.6) is 0 Å². The quantitative estimate of drug-likeness (QED) is 0.615. The third-order valence-electron chi connectivity index (χ3n) is 6.03. The van der Waals surface area contributed by atoms with Crippen molar-refractivity contribution in [1.29, 1.82) is 0 Å². The zero-order valence-corrected chi connectivity index (χ0v) is 17.9. The molecule has 0 spiro atoms. The first-order valence-corrected chi connectivity index (χ1v) is 10.9. The van der Waals surface area contributed by atoms with Crippen LogP contribution in [0, 0.1) is 5.82 Å². The molecule has 164 valence electrons. The maximum Gasteiger partial charge on any atom is 0.187 e. The van der Waals surface area contributed by atoms with E-state index in [9.17, 15) is 4.39 Å². The van der Waals surface area contributed by atoms with Gasteiger partial charge in [-0.1, -0.05) is 13.8 Å². The normalized spacial score (nSPS) is 19.7. The van der Waals surface area contributed by atoms with Crippen LogP contribution in [0.3, 0.4) is 0 Å². The summed E-state index contributed by atoms with van der Waals surface area (Å²) >= 11 is 0. The van der Waals surface area contributed by atoms with Crippen molar-refractivity contribution in [3.8, 4) is 0 Å². The zero-order chi connectivity index (χ0) is 21.4. The second kappa shape index (κ2) is 8.33. The van der Waals surface area contributed by atoms with E-state index in [1.165, 1.54) is 6.33 Å². The molecule has 2 saturated heterocycles. The molecule has 2 fully saturated rings. The van der Waals surface area contributed by atoms with Crippen molar-refractivity contribution in [2.45, 2.75) is 45.3 Å². The molecule has 1 atom stereocenters. The molecule has 2 aliphatic rings. The summed E-state index contributed by atoms with van der Waals surface area (Å²) in [5, 5.41) is 0. The Balaban J connectivity index is 1.33. The SMILES string of the molecule is CC(C)c1ncnc(N2CCN(c3ncnc4c3ncn4CC3CCCO3)CC2)c1F. The van der Waals surface area contributed by atoms with Gasteiger partial charge in [0.05, 0.1) is 24.7 Å². The molecule has 0 radical (unpaired) electrons. The monoisotopic (exact) mass is 426 g/mol. The van der Waals surface area contributed by atoms with Gasteiger partial charge in [0, 0.05) is 32.8 Å². The molecule has 5 heterocycles. The fourth-order valence-electron chi connectivity index (χ4n) is 4.37. The molecule has 31 heavy (non-hydrogen) atoms. The molecule has 0 saturated carbocycles. The van der Waals surface area contributed by atoms with Gasteiger partial charge in [0.2, 0.25) is 0 Å². The fourth-order valence-corrected chi connectivity index (χ4v) is 4.37. The third kappa shape index (κ3) is 3.80. The molecule has 3 aromatic rings. The molecule has 2 aliphatic heterocycles. The largest absolute Gasteiger partial charge is 0.376 e. The number of fused-ring (bicyclic) bond motifs is 1. The van der Waals surface area contributed by atoms with Gasteiger partial charge in [0.1, 0.15) is 12.7 Å². The Kier molecular flexibility index (Phi) is 5.39. The first-order chi connectivity index (χ1) is 15.1. The van der Waals surface area contributed by atoms with Crippen LogP contribution in [0.1, 0.15) is 38.3 Å². The minimum absolute atomic E-state index is 0.0158. The summed E-state index contributed by atoms with van der Waals surface area (Å²) in [5.74, 6) is 0.902. The average molecular weight is 427 g/mol. The number of hydrogen-bond donors (Lipinski definition) is 0. The molecule has 5 rings (SSSR count). The number of nitrogens with zero attached hydrogens (tertiary/aromatic N) is 8. The molecule has 9 nitrogen and oxygen atoms in total. The maximum absolute atomic E-state index is 14.9. The first kappa shape index (κ1) is 20.0. The zero-order valence-electron chi connectivity index (χ0n) is 17.9. The van der Waals surface area contributed by atoms with Crippen molar-refractivity contribution >= 4 is 22.8 Å². The molecule has 0 aliphatic carbocycles. The van der Waals surface area contributed by atoms with E-state index in [1.54, 1.807) is 6.33 Å². The van der Waals surface area contributed by atoms with Gasteiger partial charge in [-0.15, -0.1) is 0 Å². The highest BCUT2D eigenvalue weighted by molar-refractivity contribution is 5.83. The summed E-state index contributed by atoms with van der Waals surface area (Å²) in [6.45, 7) is 8.15. The van der Waals surface area contributed by atoms with Gasteiger partial charge in [0.15, 0.2) is 28.6 Å². The van der Waals surface area contributed by atoms with E-state index in [4.69, 9.17) is 4.74 Å². The lowest BCUT2D eigenvalue weighted by Gasteiger charge is -2.36. The predicted molar refractivity (Wildman–Crippen MR) is 115 cm³/mol. The minimum atomic E-state index is -0.316. The number of piperazine rings is 1. The number of ether oxygens (including phenoxy) is 1. The number of rotatable bonds is 5. The van der Waals surface area contributed by atoms with Crippen LogP contribution in [-0.4, -0.2) is 68.4 Å². The number of anilines is 2. The van der Waals surface area contributed by atoms with Gasteiger partial charge in [0.25, 0.3) is 0 Å². The number of hydrogen-bond acceptors (Lipinski definition) is 8. The van der Waals surface area contributed by atoms with E-state index in [1.807, 2.05) is 25.1 Å². The Morgan fingerprint density at radius 2 is 1.71 bits per heavy atom. The average Bonchev–Trinajstić information content (AvgIpc) is 3.44. The second-order valence-corrected chi connectivity index (χ2v) is 8.43. The van der Waals surface area contributed by atoms with E-state index >= 15 is 0 Å². The van der Waals surface area contributed by atoms with Gasteiger partial charge in [-0.25, -0.2) is 29.3 Å². The summed E-state index contributed by atoms with van der Waals surface area (Å²) < 4.78 is 22.7. The second-order valence-electron chi connectivity index (χ2n) is 8.43. The first-order valence-electron chi connectivity index (χ1n) is 10.9. The van der Waals surface area contributed by atoms with Gasteiger partial charge < -0.3 is 19.1 Å². The lowest BCUT2D eigenvalue weighted by molar-refractivity contribution is 0.0978. The molecule has 0 bridgehead atoms. The highest BCUT2D eigenvalue weighted by Crippen LogP contribution is 2.27. The lowest BCUT2D eigenvalue weighted by Crippen LogP contribution is -2.47. The molecule has 0 amide bonds. The third-order valence-corrected chi connectivity index (χ3v) is 6.03. The van der Waals surface area contributed by atoms with Crippen LogP contribution in [0.4, 0.5) is 16.0 Å². The van der Waals surface area contributed by atoms with Crippen molar-refractivity contribution in [2.75, 3.05) is 42.6 Å². The Morgan fingerprint density at radius 1 is 1.00 bits per heavy atom. The number of halogens is 1. The van der Waals surface area contributed by atoms with Crippen LogP contribution < -0.4 is 9.80 Å². The molecule has 0 aromatic carbocycles. The minimum Gasteiger partial charge on any atom is -0.376 e. The molecule has 0 N–H and O–H groups in total. The van der Waals surface area contributed by atoms with E-state index in [0.29, 0.717) is 37.7 Å². The van der Waals surface area contributed by atoms with E-state index in [-0.39, 0.29) is 17.8 Å². The molecular formula is C21H27FN8O. The molecule has 3 aromatic heterocycles. The standard InChI is InChI=1S/C21H27FN8O/c1-14(2)17-16(22)19(24-11-23-17)28-5-7-29(8-6-28)20-18-21(26-12-25-20)30(13-27-18)10-15-4-3-9-31-15/h11-15H,3-10H2,1-2H3. The summed E-state index contributed by atoms with van der Waals surface area (Å²) in [4.78, 5) is 26.1. The van der Waals surface area contributed by atoms with Crippen LogP contribution in [0.25, 0.3) is 11.2 Å². The van der Waals surface area contributed by atoms with E-state index in [2.05, 4.69) is 34.4 Å². The number of aromatic nitrogens is 6. The predicted octanol–water partition coefficient (Wildman–Crippen LogP) is 2.38. The van der Waals surface area contributed by atoms with Crippen molar-refractivity contribution in [2.24, 2.45) is 0 Å². The Labute approximate surface area is 180 Å². The number of imidazole rings is 1. The topological polar surface area (TPSA) is 85.1 Å². The van der Waals surface area contributed by atoms with Crippen LogP contribution in [0.2, 0.25) is 0 Å². The van der Waals surface area contributed by atoms with Gasteiger partial charge in [-0.2, -0.15) is 0 Å². The van der Waals surface area contributed by atoms with Crippen LogP contribution >= 0.6 is 0 Å². The Bertz CT molecular complexity index is 1060. The highest BCUT2D eigenvalue weighted by atomic mass is 19.1. The Hall–Kier alpha value is -2.88. The molecular weight excluding hydrogens is 399 g/mol. The van der Waals surface area contributed by atoms with Crippen LogP contribution in [0.15, 0.2) is 19.0 Å². The fraction of sp³-hybridized carbons (Fsp3) is 0.571. The van der Waals surface area contributed by atoms with E-state index < -0.39 is 0 Å². The lowest BCUT2D eigenvalue weighted by atomic mass is 10.1. The Morgan fingerprint density at radius 3 is 2.42 bits per heavy atom. The van der Waals surface area contributed by atoms with Crippen LogP contribution in [-0.2, 0) is 11.3 Å². The van der Waals surface area contributed by atoms with Crippen molar-refractivity contribution in [3.05, 3.63) is 30.5 Å². The van der Waals surface area contributed by atoms with Gasteiger partial charge >= 0.3 is 0 Å². The van der Waals surface area contributed by atoms with Gasteiger partial charge in [-0.3, -0.25) is 0 Å². The van der Waals surface area contributed by atoms with Crippen molar-refractivity contribution < 1.29 is 9.13 Å². The van der Waals surface area contributed by atoms with Crippen molar-refractivity contribution in [1.82, 2.24) is 29.5 Å². The smallest absolute Gasteiger partial charge is 0.187 e. The molecule has 10 heteroatoms. The summed E-state index contributed by atoms with van der Waals surface area (Å²) in [5.41, 5.74) is 2.08. The summed E-state index contributed by atoms with van der Waals surface area (Å²) in [6.07, 6.45) is 7.26. The maximum atomic E-state index is 14.9.